The first-order valence-corrected chi connectivity index (χ1v) is 11.8. The van der Waals surface area contributed by atoms with Crippen molar-refractivity contribution in [1.82, 2.24) is 24.4 Å². The van der Waals surface area contributed by atoms with E-state index in [0.717, 1.165) is 30.0 Å². The molecule has 0 aliphatic rings. The van der Waals surface area contributed by atoms with Crippen LogP contribution in [0.5, 0.6) is 0 Å². The van der Waals surface area contributed by atoms with Crippen LogP contribution in [0.3, 0.4) is 0 Å². The fourth-order valence-electron chi connectivity index (χ4n) is 4.34. The average Bonchev–Trinajstić information content (AvgIpc) is 3.55. The lowest BCUT2D eigenvalue weighted by Crippen LogP contribution is -2.31. The van der Waals surface area contributed by atoms with Gasteiger partial charge in [0.1, 0.15) is 17.5 Å². The number of pyridine rings is 1. The molecule has 0 bridgehead atoms. The van der Waals surface area contributed by atoms with Crippen molar-refractivity contribution in [3.63, 3.8) is 0 Å². The van der Waals surface area contributed by atoms with Crippen LogP contribution >= 0.6 is 0 Å². The lowest BCUT2D eigenvalue weighted by Gasteiger charge is -2.23. The highest BCUT2D eigenvalue weighted by Crippen LogP contribution is 2.22. The summed E-state index contributed by atoms with van der Waals surface area (Å²) >= 11 is 0. The van der Waals surface area contributed by atoms with E-state index in [-0.39, 0.29) is 24.6 Å². The summed E-state index contributed by atoms with van der Waals surface area (Å²) in [5.41, 5.74) is 3.88. The number of nitrogens with zero attached hydrogens (tertiary/aromatic N) is 4. The molecule has 0 saturated heterocycles. The van der Waals surface area contributed by atoms with Gasteiger partial charge in [0.2, 0.25) is 0 Å². The van der Waals surface area contributed by atoms with Crippen LogP contribution < -0.4 is 0 Å². The lowest BCUT2D eigenvalue weighted by molar-refractivity contribution is 0.0724. The van der Waals surface area contributed by atoms with Crippen LogP contribution in [0.4, 0.5) is 8.78 Å². The molecule has 0 aliphatic carbocycles. The number of hydrogen-bond donors (Lipinski definition) is 1. The Kier molecular flexibility index (Phi) is 6.58. The minimum Gasteiger partial charge on any atom is -0.339 e. The van der Waals surface area contributed by atoms with E-state index < -0.39 is 11.6 Å². The zero-order valence-corrected chi connectivity index (χ0v) is 19.8. The Bertz CT molecular complexity index is 1510. The van der Waals surface area contributed by atoms with Crippen LogP contribution in [0.1, 0.15) is 40.7 Å². The van der Waals surface area contributed by atoms with E-state index in [1.165, 1.54) is 17.0 Å². The zero-order valence-electron chi connectivity index (χ0n) is 19.8. The molecule has 0 fully saturated rings. The molecule has 3 heterocycles. The molecule has 1 amide bonds. The minimum absolute atomic E-state index is 0.0583. The van der Waals surface area contributed by atoms with E-state index in [4.69, 9.17) is 0 Å². The van der Waals surface area contributed by atoms with Gasteiger partial charge in [0, 0.05) is 36.8 Å². The summed E-state index contributed by atoms with van der Waals surface area (Å²) in [5.74, 6) is -1.14. The van der Waals surface area contributed by atoms with Gasteiger partial charge in [-0.3, -0.25) is 4.79 Å². The summed E-state index contributed by atoms with van der Waals surface area (Å²) in [7, 11) is 0. The van der Waals surface area contributed by atoms with Crippen LogP contribution in [0.25, 0.3) is 16.9 Å². The highest BCUT2D eigenvalue weighted by Gasteiger charge is 2.23. The van der Waals surface area contributed by atoms with E-state index in [1.54, 1.807) is 18.3 Å². The molecule has 182 valence electrons. The number of carbonyl (C=O) groups is 1. The molecule has 0 atom stereocenters. The largest absolute Gasteiger partial charge is 0.339 e. The Hall–Kier alpha value is -4.33. The summed E-state index contributed by atoms with van der Waals surface area (Å²) in [4.78, 5) is 27.7. The number of nitrogens with one attached hydrogen (secondary N) is 1. The number of rotatable bonds is 8. The van der Waals surface area contributed by atoms with Crippen LogP contribution in [-0.2, 0) is 19.5 Å². The van der Waals surface area contributed by atoms with Crippen molar-refractivity contribution in [2.24, 2.45) is 0 Å². The van der Waals surface area contributed by atoms with Crippen molar-refractivity contribution in [2.45, 2.75) is 32.9 Å². The lowest BCUT2D eigenvalue weighted by atomic mass is 10.1. The van der Waals surface area contributed by atoms with E-state index >= 15 is 0 Å². The number of hydrogen-bond acceptors (Lipinski definition) is 3. The van der Waals surface area contributed by atoms with Crippen molar-refractivity contribution in [3.05, 3.63) is 113 Å². The van der Waals surface area contributed by atoms with Crippen LogP contribution in [0, 0.1) is 11.6 Å². The van der Waals surface area contributed by atoms with Crippen LogP contribution in [-0.4, -0.2) is 30.3 Å². The monoisotopic (exact) mass is 485 g/mol. The number of aryl methyl sites for hydroxylation is 1. The van der Waals surface area contributed by atoms with Gasteiger partial charge in [-0.25, -0.2) is 18.7 Å². The Morgan fingerprint density at radius 3 is 2.58 bits per heavy atom. The Morgan fingerprint density at radius 2 is 1.81 bits per heavy atom. The molecule has 36 heavy (non-hydrogen) atoms. The number of aromatic nitrogens is 4. The van der Waals surface area contributed by atoms with Gasteiger partial charge in [-0.15, -0.1) is 0 Å². The van der Waals surface area contributed by atoms with Gasteiger partial charge >= 0.3 is 0 Å². The molecular formula is C28H25F2N5O. The molecule has 0 saturated carbocycles. The van der Waals surface area contributed by atoms with Gasteiger partial charge < -0.3 is 14.5 Å². The third-order valence-corrected chi connectivity index (χ3v) is 6.07. The number of imidazole rings is 1. The molecule has 0 radical (unpaired) electrons. The third kappa shape index (κ3) is 4.75. The fourth-order valence-corrected chi connectivity index (χ4v) is 4.34. The van der Waals surface area contributed by atoms with Gasteiger partial charge in [0.05, 0.1) is 23.3 Å². The number of amides is 1. The van der Waals surface area contributed by atoms with Gasteiger partial charge in [0.15, 0.2) is 5.65 Å². The Balaban J connectivity index is 1.54. The maximum Gasteiger partial charge on any atom is 0.256 e. The second-order valence-corrected chi connectivity index (χ2v) is 8.61. The SMILES string of the molecule is CCCc1ccnc2nc(CN(Cc3ccc(F)cc3F)C(=O)c3ccccc3-n3cccc3)[nH]c12. The Labute approximate surface area is 207 Å². The van der Waals surface area contributed by atoms with Crippen molar-refractivity contribution < 1.29 is 13.6 Å². The predicted molar refractivity (Wildman–Crippen MR) is 134 cm³/mol. The molecule has 8 heteroatoms. The second-order valence-electron chi connectivity index (χ2n) is 8.61. The molecule has 1 N–H and O–H groups in total. The molecular weight excluding hydrogens is 460 g/mol. The zero-order chi connectivity index (χ0) is 25.1. The van der Waals surface area contributed by atoms with Crippen LogP contribution in [0.2, 0.25) is 0 Å². The second kappa shape index (κ2) is 10.1. The van der Waals surface area contributed by atoms with E-state index in [9.17, 15) is 13.6 Å². The Morgan fingerprint density at radius 1 is 1.00 bits per heavy atom. The quantitative estimate of drug-likeness (QED) is 0.301. The van der Waals surface area contributed by atoms with E-state index in [2.05, 4.69) is 21.9 Å². The minimum atomic E-state index is -0.706. The number of H-pyrrole nitrogens is 1. The summed E-state index contributed by atoms with van der Waals surface area (Å²) < 4.78 is 30.0. The summed E-state index contributed by atoms with van der Waals surface area (Å²) in [6.07, 6.45) is 7.28. The van der Waals surface area contributed by atoms with Crippen LogP contribution in [0.15, 0.2) is 79.3 Å². The number of fused-ring (bicyclic) bond motifs is 1. The van der Waals surface area contributed by atoms with Crippen molar-refractivity contribution >= 4 is 17.1 Å². The van der Waals surface area contributed by atoms with Crippen molar-refractivity contribution in [3.8, 4) is 5.69 Å². The molecule has 0 spiro atoms. The number of benzene rings is 2. The number of para-hydroxylation sites is 1. The summed E-state index contributed by atoms with van der Waals surface area (Å²) in [6, 6.07) is 16.3. The third-order valence-electron chi connectivity index (χ3n) is 6.07. The van der Waals surface area contributed by atoms with Crippen molar-refractivity contribution in [2.75, 3.05) is 0 Å². The summed E-state index contributed by atoms with van der Waals surface area (Å²) in [6.45, 7) is 2.14. The average molecular weight is 486 g/mol. The molecule has 3 aromatic heterocycles. The van der Waals surface area contributed by atoms with Gasteiger partial charge in [-0.2, -0.15) is 0 Å². The normalized spacial score (nSPS) is 11.2. The first-order chi connectivity index (χ1) is 17.5. The first kappa shape index (κ1) is 23.4. The van der Waals surface area contributed by atoms with Crippen molar-refractivity contribution in [1.29, 1.82) is 0 Å². The van der Waals surface area contributed by atoms with Gasteiger partial charge in [-0.1, -0.05) is 31.5 Å². The van der Waals surface area contributed by atoms with E-state index in [1.807, 2.05) is 47.3 Å². The maximum atomic E-state index is 14.6. The molecule has 5 aromatic rings. The van der Waals surface area contributed by atoms with Gasteiger partial charge in [-0.05, 0) is 48.4 Å². The maximum absolute atomic E-state index is 14.6. The van der Waals surface area contributed by atoms with Gasteiger partial charge in [0.25, 0.3) is 5.91 Å². The molecule has 0 aliphatic heterocycles. The highest BCUT2D eigenvalue weighted by molar-refractivity contribution is 5.97. The fraction of sp³-hybridized carbons (Fsp3) is 0.179. The predicted octanol–water partition coefficient (Wildman–Crippen LogP) is 5.82. The number of carbonyl (C=O) groups excluding carboxylic acids is 1. The highest BCUT2D eigenvalue weighted by atomic mass is 19.1. The summed E-state index contributed by atoms with van der Waals surface area (Å²) in [5, 5.41) is 0. The molecule has 5 rings (SSSR count). The standard InChI is InChI=1S/C28H25F2N5O/c1-2-7-19-12-13-31-27-26(19)32-25(33-27)18-35(17-20-10-11-21(29)16-23(20)30)28(36)22-8-3-4-9-24(22)34-14-5-6-15-34/h3-6,8-16H,2,7,17-18H2,1H3,(H,31,32,33). The number of halogens is 2. The first-order valence-electron chi connectivity index (χ1n) is 11.8. The smallest absolute Gasteiger partial charge is 0.256 e. The molecule has 0 unspecified atom stereocenters. The molecule has 2 aromatic carbocycles. The number of aromatic amines is 1. The van der Waals surface area contributed by atoms with E-state index in [0.29, 0.717) is 22.7 Å². The topological polar surface area (TPSA) is 66.8 Å². The molecule has 6 nitrogen and oxygen atoms in total.